The molecule has 0 atom stereocenters. The van der Waals surface area contributed by atoms with Crippen LogP contribution >= 0.6 is 23.2 Å². The number of anilines is 1. The normalized spacial score (nSPS) is 14.3. The molecule has 0 N–H and O–H groups in total. The van der Waals surface area contributed by atoms with E-state index in [9.17, 15) is 4.79 Å². The number of ether oxygens (including phenoxy) is 1. The zero-order valence-corrected chi connectivity index (χ0v) is 18.7. The minimum absolute atomic E-state index is 0.169. The van der Waals surface area contributed by atoms with Gasteiger partial charge >= 0.3 is 0 Å². The maximum Gasteiger partial charge on any atom is 0.259 e. The van der Waals surface area contributed by atoms with Crippen LogP contribution in [-0.4, -0.2) is 49.1 Å². The van der Waals surface area contributed by atoms with Gasteiger partial charge in [0.1, 0.15) is 11.4 Å². The number of methoxy groups -OCH3 is 1. The summed E-state index contributed by atoms with van der Waals surface area (Å²) in [7, 11) is 1.49. The van der Waals surface area contributed by atoms with E-state index in [0.717, 1.165) is 16.9 Å². The molecule has 30 heavy (non-hydrogen) atoms. The first-order chi connectivity index (χ1) is 14.4. The molecular formula is C23H23Cl2N3O2. The van der Waals surface area contributed by atoms with Crippen molar-refractivity contribution in [3.8, 4) is 5.75 Å². The Labute approximate surface area is 186 Å². The highest BCUT2D eigenvalue weighted by Crippen LogP contribution is 2.35. The quantitative estimate of drug-likeness (QED) is 0.562. The molecule has 0 spiro atoms. The van der Waals surface area contributed by atoms with Crippen LogP contribution in [-0.2, 0) is 0 Å². The van der Waals surface area contributed by atoms with Gasteiger partial charge in [0.25, 0.3) is 5.91 Å². The van der Waals surface area contributed by atoms with Crippen LogP contribution in [0.5, 0.6) is 5.75 Å². The highest BCUT2D eigenvalue weighted by Gasteiger charge is 2.28. The topological polar surface area (TPSA) is 45.7 Å². The molecule has 0 bridgehead atoms. The van der Waals surface area contributed by atoms with Crippen molar-refractivity contribution in [1.29, 1.82) is 0 Å². The van der Waals surface area contributed by atoms with E-state index in [2.05, 4.69) is 43.0 Å². The van der Waals surface area contributed by atoms with Crippen molar-refractivity contribution in [2.75, 3.05) is 38.2 Å². The first kappa shape index (κ1) is 20.8. The van der Waals surface area contributed by atoms with Gasteiger partial charge in [-0.15, -0.1) is 0 Å². The molecule has 0 unspecified atom stereocenters. The molecule has 1 saturated heterocycles. The molecule has 1 fully saturated rings. The van der Waals surface area contributed by atoms with E-state index in [1.807, 2.05) is 0 Å². The Morgan fingerprint density at radius 3 is 2.40 bits per heavy atom. The third kappa shape index (κ3) is 3.68. The van der Waals surface area contributed by atoms with Crippen LogP contribution in [0.4, 0.5) is 5.82 Å². The van der Waals surface area contributed by atoms with E-state index in [-0.39, 0.29) is 5.91 Å². The number of carbonyl (C=O) groups excluding carboxylic acids is 1. The standard InChI is InChI=1S/C23H23Cl2N3O2/c1-14-5-4-6-16-15(2)13-19(26-21(14)16)27-9-11-28(12-10-27)23(29)20-17(24)7-8-18(25)22(20)30-3/h4-8,13H,9-12H2,1-3H3. The number of hydrogen-bond acceptors (Lipinski definition) is 4. The second-order valence-electron chi connectivity index (χ2n) is 7.49. The van der Waals surface area contributed by atoms with Gasteiger partial charge in [0.2, 0.25) is 0 Å². The molecule has 0 radical (unpaired) electrons. The van der Waals surface area contributed by atoms with Gasteiger partial charge in [-0.25, -0.2) is 4.98 Å². The Balaban J connectivity index is 1.55. The highest BCUT2D eigenvalue weighted by molar-refractivity contribution is 6.37. The lowest BCUT2D eigenvalue weighted by Gasteiger charge is -2.36. The Hall–Kier alpha value is -2.50. The summed E-state index contributed by atoms with van der Waals surface area (Å²) in [4.78, 5) is 22.1. The molecular weight excluding hydrogens is 421 g/mol. The van der Waals surface area contributed by atoms with Crippen LogP contribution < -0.4 is 9.64 Å². The molecule has 1 aliphatic rings. The summed E-state index contributed by atoms with van der Waals surface area (Å²) in [5, 5.41) is 1.89. The third-order valence-electron chi connectivity index (χ3n) is 5.60. The molecule has 4 rings (SSSR count). The lowest BCUT2D eigenvalue weighted by Crippen LogP contribution is -2.49. The number of piperazine rings is 1. The molecule has 5 nitrogen and oxygen atoms in total. The Kier molecular flexibility index (Phi) is 5.76. The van der Waals surface area contributed by atoms with E-state index < -0.39 is 0 Å². The monoisotopic (exact) mass is 443 g/mol. The van der Waals surface area contributed by atoms with Gasteiger partial charge in [-0.05, 0) is 43.2 Å². The second kappa shape index (κ2) is 8.32. The fraction of sp³-hybridized carbons (Fsp3) is 0.304. The van der Waals surface area contributed by atoms with Crippen LogP contribution in [0.1, 0.15) is 21.5 Å². The minimum Gasteiger partial charge on any atom is -0.494 e. The summed E-state index contributed by atoms with van der Waals surface area (Å²) in [5.74, 6) is 1.09. The molecule has 1 aliphatic heterocycles. The zero-order chi connectivity index (χ0) is 21.4. The predicted octanol–water partition coefficient (Wildman–Crippen LogP) is 5.13. The fourth-order valence-electron chi connectivity index (χ4n) is 3.93. The summed E-state index contributed by atoms with van der Waals surface area (Å²) in [6.07, 6.45) is 0. The first-order valence-corrected chi connectivity index (χ1v) is 10.6. The average Bonchev–Trinajstić information content (AvgIpc) is 2.75. The van der Waals surface area contributed by atoms with Crippen LogP contribution in [0.2, 0.25) is 10.0 Å². The van der Waals surface area contributed by atoms with Gasteiger partial charge in [-0.3, -0.25) is 4.79 Å². The van der Waals surface area contributed by atoms with E-state index >= 15 is 0 Å². The van der Waals surface area contributed by atoms with Gasteiger partial charge in [-0.2, -0.15) is 0 Å². The van der Waals surface area contributed by atoms with Crippen LogP contribution in [0, 0.1) is 13.8 Å². The summed E-state index contributed by atoms with van der Waals surface area (Å²) >= 11 is 12.5. The number of para-hydroxylation sites is 1. The SMILES string of the molecule is COc1c(Cl)ccc(Cl)c1C(=O)N1CCN(c2cc(C)c3cccc(C)c3n2)CC1. The molecule has 1 aromatic heterocycles. The van der Waals surface area contributed by atoms with Gasteiger partial charge in [0.05, 0.1) is 22.7 Å². The highest BCUT2D eigenvalue weighted by atomic mass is 35.5. The second-order valence-corrected chi connectivity index (χ2v) is 8.30. The van der Waals surface area contributed by atoms with Crippen molar-refractivity contribution in [2.45, 2.75) is 13.8 Å². The van der Waals surface area contributed by atoms with E-state index in [1.165, 1.54) is 18.1 Å². The minimum atomic E-state index is -0.169. The van der Waals surface area contributed by atoms with Gasteiger partial charge in [-0.1, -0.05) is 41.4 Å². The smallest absolute Gasteiger partial charge is 0.259 e. The van der Waals surface area contributed by atoms with Crippen LogP contribution in [0.15, 0.2) is 36.4 Å². The van der Waals surface area contributed by atoms with Crippen molar-refractivity contribution in [1.82, 2.24) is 9.88 Å². The molecule has 0 saturated carbocycles. The van der Waals surface area contributed by atoms with Crippen molar-refractivity contribution in [2.24, 2.45) is 0 Å². The summed E-state index contributed by atoms with van der Waals surface area (Å²) in [6.45, 7) is 6.71. The lowest BCUT2D eigenvalue weighted by atomic mass is 10.1. The maximum absolute atomic E-state index is 13.1. The lowest BCUT2D eigenvalue weighted by molar-refractivity contribution is 0.0743. The zero-order valence-electron chi connectivity index (χ0n) is 17.2. The number of benzene rings is 2. The number of pyridine rings is 1. The van der Waals surface area contributed by atoms with Crippen molar-refractivity contribution < 1.29 is 9.53 Å². The number of carbonyl (C=O) groups is 1. The first-order valence-electron chi connectivity index (χ1n) is 9.84. The Morgan fingerprint density at radius 1 is 1.00 bits per heavy atom. The number of halogens is 2. The number of fused-ring (bicyclic) bond motifs is 1. The maximum atomic E-state index is 13.1. The van der Waals surface area contributed by atoms with E-state index in [4.69, 9.17) is 32.9 Å². The van der Waals surface area contributed by atoms with Crippen molar-refractivity contribution in [3.05, 3.63) is 63.1 Å². The van der Waals surface area contributed by atoms with Crippen LogP contribution in [0.3, 0.4) is 0 Å². The summed E-state index contributed by atoms with van der Waals surface area (Å²) in [5.41, 5.74) is 3.71. The third-order valence-corrected chi connectivity index (χ3v) is 6.21. The number of amides is 1. The Morgan fingerprint density at radius 2 is 1.70 bits per heavy atom. The van der Waals surface area contributed by atoms with E-state index in [0.29, 0.717) is 47.5 Å². The Bertz CT molecular complexity index is 1130. The van der Waals surface area contributed by atoms with Gasteiger partial charge in [0.15, 0.2) is 5.75 Å². The molecule has 2 aromatic carbocycles. The van der Waals surface area contributed by atoms with Crippen LogP contribution in [0.25, 0.3) is 10.9 Å². The molecule has 1 amide bonds. The average molecular weight is 444 g/mol. The fourth-order valence-corrected chi connectivity index (χ4v) is 4.40. The predicted molar refractivity (Wildman–Crippen MR) is 122 cm³/mol. The largest absolute Gasteiger partial charge is 0.494 e. The molecule has 3 aromatic rings. The molecule has 2 heterocycles. The van der Waals surface area contributed by atoms with Gasteiger partial charge < -0.3 is 14.5 Å². The number of nitrogens with zero attached hydrogens (tertiary/aromatic N) is 3. The number of rotatable bonds is 3. The van der Waals surface area contributed by atoms with Crippen molar-refractivity contribution in [3.63, 3.8) is 0 Å². The molecule has 7 heteroatoms. The number of aryl methyl sites for hydroxylation is 2. The number of aromatic nitrogens is 1. The number of hydrogen-bond donors (Lipinski definition) is 0. The summed E-state index contributed by atoms with van der Waals surface area (Å²) in [6, 6.07) is 11.6. The van der Waals surface area contributed by atoms with Gasteiger partial charge in [0, 0.05) is 31.6 Å². The molecule has 156 valence electrons. The van der Waals surface area contributed by atoms with Crippen molar-refractivity contribution >= 4 is 45.8 Å². The molecule has 0 aliphatic carbocycles. The van der Waals surface area contributed by atoms with E-state index in [1.54, 1.807) is 17.0 Å². The summed E-state index contributed by atoms with van der Waals surface area (Å²) < 4.78 is 5.34.